The van der Waals surface area contributed by atoms with E-state index >= 15 is 0 Å². The molecule has 1 aromatic rings. The van der Waals surface area contributed by atoms with Crippen LogP contribution in [0.5, 0.6) is 0 Å². The van der Waals surface area contributed by atoms with Gasteiger partial charge in [-0.3, -0.25) is 4.79 Å². The first-order valence-corrected chi connectivity index (χ1v) is 8.44. The highest BCUT2D eigenvalue weighted by molar-refractivity contribution is 7.89. The van der Waals surface area contributed by atoms with Crippen LogP contribution in [0.25, 0.3) is 0 Å². The fourth-order valence-corrected chi connectivity index (χ4v) is 3.86. The highest BCUT2D eigenvalue weighted by Gasteiger charge is 2.29. The third kappa shape index (κ3) is 3.16. The van der Waals surface area contributed by atoms with Gasteiger partial charge in [0.1, 0.15) is 0 Å². The number of hydrogen-bond donors (Lipinski definition) is 0. The van der Waals surface area contributed by atoms with Gasteiger partial charge in [0.2, 0.25) is 15.2 Å². The lowest BCUT2D eigenvalue weighted by Crippen LogP contribution is -2.51. The molecule has 112 valence electrons. The summed E-state index contributed by atoms with van der Waals surface area (Å²) < 4.78 is 30.2. The summed E-state index contributed by atoms with van der Waals surface area (Å²) in [7, 11) is -3.19. The molecule has 0 aromatic carbocycles. The smallest absolute Gasteiger partial charge is 0.258 e. The predicted octanol–water partition coefficient (Wildman–Crippen LogP) is 1.43. The van der Waals surface area contributed by atoms with E-state index in [1.807, 2.05) is 6.92 Å². The van der Waals surface area contributed by atoms with Gasteiger partial charge in [-0.05, 0) is 24.1 Å². The second kappa shape index (κ2) is 6.15. The normalized spacial score (nSPS) is 17.4. The third-order valence-corrected chi connectivity index (χ3v) is 5.60. The second-order valence-corrected chi connectivity index (χ2v) is 7.05. The van der Waals surface area contributed by atoms with Crippen molar-refractivity contribution < 1.29 is 17.6 Å². The molecule has 20 heavy (non-hydrogen) atoms. The van der Waals surface area contributed by atoms with Crippen molar-refractivity contribution in [2.45, 2.75) is 13.3 Å². The van der Waals surface area contributed by atoms with Crippen LogP contribution in [0.4, 0.5) is 0 Å². The topological polar surface area (TPSA) is 70.8 Å². The Labute approximate surface area is 123 Å². The van der Waals surface area contributed by atoms with Crippen molar-refractivity contribution in [3.05, 3.63) is 23.1 Å². The van der Waals surface area contributed by atoms with Crippen LogP contribution in [0.3, 0.4) is 0 Å². The molecule has 1 amide bonds. The molecule has 0 unspecified atom stereocenters. The van der Waals surface area contributed by atoms with E-state index in [1.54, 1.807) is 4.90 Å². The van der Waals surface area contributed by atoms with Crippen LogP contribution in [0, 0.1) is 0 Å². The number of carbonyl (C=O) groups is 1. The van der Waals surface area contributed by atoms with Gasteiger partial charge in [-0.15, -0.1) is 0 Å². The Balaban J connectivity index is 1.98. The standard InChI is InChI=1S/C12H17ClN2O4S/c1-2-9-20(17,18)15-6-4-14(5-7-15)12(16)10-3-8-19-11(10)13/h3,8H,2,4-7,9H2,1H3. The summed E-state index contributed by atoms with van der Waals surface area (Å²) in [5, 5.41) is 0.0658. The molecule has 1 saturated heterocycles. The Morgan fingerprint density at radius 2 is 2.00 bits per heavy atom. The number of amides is 1. The summed E-state index contributed by atoms with van der Waals surface area (Å²) in [6, 6.07) is 1.52. The highest BCUT2D eigenvalue weighted by Crippen LogP contribution is 2.20. The quantitative estimate of drug-likeness (QED) is 0.841. The molecule has 0 atom stereocenters. The molecule has 0 bridgehead atoms. The van der Waals surface area contributed by atoms with E-state index in [0.29, 0.717) is 38.2 Å². The first-order valence-electron chi connectivity index (χ1n) is 6.46. The van der Waals surface area contributed by atoms with E-state index in [9.17, 15) is 13.2 Å². The van der Waals surface area contributed by atoms with E-state index < -0.39 is 10.0 Å². The highest BCUT2D eigenvalue weighted by atomic mass is 35.5. The van der Waals surface area contributed by atoms with E-state index in [-0.39, 0.29) is 16.9 Å². The van der Waals surface area contributed by atoms with Gasteiger partial charge in [0.05, 0.1) is 17.6 Å². The maximum atomic E-state index is 12.2. The van der Waals surface area contributed by atoms with Crippen molar-refractivity contribution in [3.8, 4) is 0 Å². The zero-order valence-electron chi connectivity index (χ0n) is 11.2. The lowest BCUT2D eigenvalue weighted by molar-refractivity contribution is 0.0697. The number of nitrogens with zero attached hydrogens (tertiary/aromatic N) is 2. The molecule has 2 heterocycles. The van der Waals surface area contributed by atoms with E-state index in [0.717, 1.165) is 0 Å². The molecule has 2 rings (SSSR count). The summed E-state index contributed by atoms with van der Waals surface area (Å²) >= 11 is 5.78. The van der Waals surface area contributed by atoms with Crippen LogP contribution in [-0.2, 0) is 10.0 Å². The molecule has 1 fully saturated rings. The zero-order valence-corrected chi connectivity index (χ0v) is 12.8. The minimum Gasteiger partial charge on any atom is -0.452 e. The molecule has 1 aliphatic rings. The van der Waals surface area contributed by atoms with Gasteiger partial charge in [0, 0.05) is 26.2 Å². The number of carbonyl (C=O) groups excluding carboxylic acids is 1. The Morgan fingerprint density at radius 3 is 2.50 bits per heavy atom. The maximum absolute atomic E-state index is 12.2. The molecule has 1 aliphatic heterocycles. The molecule has 0 N–H and O–H groups in total. The summed E-state index contributed by atoms with van der Waals surface area (Å²) in [5.41, 5.74) is 0.316. The average Bonchev–Trinajstić information content (AvgIpc) is 2.84. The lowest BCUT2D eigenvalue weighted by Gasteiger charge is -2.33. The molecule has 0 radical (unpaired) electrons. The molecular weight excluding hydrogens is 304 g/mol. The van der Waals surface area contributed by atoms with E-state index in [1.165, 1.54) is 16.6 Å². The summed E-state index contributed by atoms with van der Waals surface area (Å²) in [5.74, 6) is -0.0783. The molecule has 8 heteroatoms. The van der Waals surface area contributed by atoms with Crippen molar-refractivity contribution in [1.82, 2.24) is 9.21 Å². The summed E-state index contributed by atoms with van der Waals surface area (Å²) in [6.45, 7) is 3.21. The molecule has 1 aromatic heterocycles. The number of piperazine rings is 1. The molecule has 6 nitrogen and oxygen atoms in total. The van der Waals surface area contributed by atoms with Gasteiger partial charge in [0.25, 0.3) is 5.91 Å². The monoisotopic (exact) mass is 320 g/mol. The van der Waals surface area contributed by atoms with Crippen LogP contribution in [0.15, 0.2) is 16.7 Å². The first-order chi connectivity index (χ1) is 9.45. The number of furan rings is 1. The largest absolute Gasteiger partial charge is 0.452 e. The summed E-state index contributed by atoms with van der Waals surface area (Å²) in [6.07, 6.45) is 1.95. The lowest BCUT2D eigenvalue weighted by atomic mass is 10.2. The van der Waals surface area contributed by atoms with Crippen LogP contribution >= 0.6 is 11.6 Å². The average molecular weight is 321 g/mol. The molecular formula is C12H17ClN2O4S. The second-order valence-electron chi connectivity index (χ2n) is 4.62. The van der Waals surface area contributed by atoms with Gasteiger partial charge in [-0.25, -0.2) is 8.42 Å². The molecule has 0 spiro atoms. The van der Waals surface area contributed by atoms with Gasteiger partial charge in [-0.1, -0.05) is 6.92 Å². The van der Waals surface area contributed by atoms with Crippen molar-refractivity contribution in [2.24, 2.45) is 0 Å². The van der Waals surface area contributed by atoms with E-state index in [2.05, 4.69) is 0 Å². The molecule has 0 aliphatic carbocycles. The fraction of sp³-hybridized carbons (Fsp3) is 0.583. The predicted molar refractivity (Wildman–Crippen MR) is 75.3 cm³/mol. The van der Waals surface area contributed by atoms with Crippen molar-refractivity contribution >= 4 is 27.5 Å². The number of rotatable bonds is 4. The Morgan fingerprint density at radius 1 is 1.35 bits per heavy atom. The van der Waals surface area contributed by atoms with Gasteiger partial charge in [-0.2, -0.15) is 4.31 Å². The van der Waals surface area contributed by atoms with Crippen LogP contribution < -0.4 is 0 Å². The van der Waals surface area contributed by atoms with Gasteiger partial charge < -0.3 is 9.32 Å². The van der Waals surface area contributed by atoms with Crippen molar-refractivity contribution in [2.75, 3.05) is 31.9 Å². The number of halogens is 1. The maximum Gasteiger partial charge on any atom is 0.258 e. The Kier molecular flexibility index (Phi) is 4.72. The Hall–Kier alpha value is -1.05. The van der Waals surface area contributed by atoms with Crippen LogP contribution in [0.2, 0.25) is 5.22 Å². The first kappa shape index (κ1) is 15.3. The van der Waals surface area contributed by atoms with Crippen molar-refractivity contribution in [1.29, 1.82) is 0 Å². The number of hydrogen-bond acceptors (Lipinski definition) is 4. The van der Waals surface area contributed by atoms with Gasteiger partial charge in [0.15, 0.2) is 0 Å². The molecule has 0 saturated carbocycles. The zero-order chi connectivity index (χ0) is 14.8. The Bertz CT molecular complexity index is 576. The number of sulfonamides is 1. The van der Waals surface area contributed by atoms with Gasteiger partial charge >= 0.3 is 0 Å². The minimum atomic E-state index is -3.19. The minimum absolute atomic E-state index is 0.0658. The van der Waals surface area contributed by atoms with Crippen LogP contribution in [-0.4, -0.2) is 55.5 Å². The SMILES string of the molecule is CCCS(=O)(=O)N1CCN(C(=O)c2ccoc2Cl)CC1. The summed E-state index contributed by atoms with van der Waals surface area (Å²) in [4.78, 5) is 13.8. The van der Waals surface area contributed by atoms with Crippen LogP contribution in [0.1, 0.15) is 23.7 Å². The van der Waals surface area contributed by atoms with E-state index in [4.69, 9.17) is 16.0 Å². The fourth-order valence-electron chi connectivity index (χ4n) is 2.17. The van der Waals surface area contributed by atoms with Crippen molar-refractivity contribution in [3.63, 3.8) is 0 Å². The third-order valence-electron chi connectivity index (χ3n) is 3.23.